The third-order valence-corrected chi connectivity index (χ3v) is 2.80. The summed E-state index contributed by atoms with van der Waals surface area (Å²) >= 11 is 3.04. The predicted molar refractivity (Wildman–Crippen MR) is 60.1 cm³/mol. The lowest BCUT2D eigenvalue weighted by Crippen LogP contribution is -2.08. The van der Waals surface area contributed by atoms with Gasteiger partial charge in [0.1, 0.15) is 6.07 Å². The predicted octanol–water partition coefficient (Wildman–Crippen LogP) is 3.18. The number of carbonyl (C=O) groups excluding carboxylic acids is 1. The number of hydrogen-bond donors (Lipinski definition) is 0. The van der Waals surface area contributed by atoms with E-state index in [1.807, 2.05) is 0 Å². The number of alkyl halides is 3. The maximum absolute atomic E-state index is 12.7. The van der Waals surface area contributed by atoms with Gasteiger partial charge in [-0.25, -0.2) is 13.6 Å². The summed E-state index contributed by atoms with van der Waals surface area (Å²) in [6.45, 7) is 0. The molecule has 0 aliphatic carbocycles. The fourth-order valence-corrected chi connectivity index (χ4v) is 2.02. The van der Waals surface area contributed by atoms with Crippen molar-refractivity contribution >= 4 is 21.9 Å². The number of nitrogens with zero attached hydrogens (tertiary/aromatic N) is 1. The molecular formula is C11H8BrF2NO2. The molecule has 0 heterocycles. The van der Waals surface area contributed by atoms with E-state index in [1.165, 1.54) is 6.07 Å². The summed E-state index contributed by atoms with van der Waals surface area (Å²) in [4.78, 5) is 11.4. The van der Waals surface area contributed by atoms with Crippen LogP contribution in [0.1, 0.15) is 33.5 Å². The lowest BCUT2D eigenvalue weighted by molar-refractivity contribution is 0.0600. The van der Waals surface area contributed by atoms with Crippen molar-refractivity contribution in [3.8, 4) is 6.07 Å². The number of rotatable bonds is 3. The third-order valence-electron chi connectivity index (χ3n) is 2.23. The van der Waals surface area contributed by atoms with Crippen molar-refractivity contribution < 1.29 is 18.3 Å². The van der Waals surface area contributed by atoms with Crippen LogP contribution in [-0.2, 0) is 10.1 Å². The second-order valence-electron chi connectivity index (χ2n) is 3.09. The molecule has 0 aliphatic heterocycles. The molecule has 6 heteroatoms. The van der Waals surface area contributed by atoms with Gasteiger partial charge in [-0.1, -0.05) is 22.0 Å². The van der Waals surface area contributed by atoms with Crippen LogP contribution < -0.4 is 0 Å². The van der Waals surface area contributed by atoms with E-state index in [1.54, 1.807) is 6.07 Å². The molecule has 0 aromatic heterocycles. The molecule has 0 bridgehead atoms. The van der Waals surface area contributed by atoms with E-state index in [0.29, 0.717) is 0 Å². The van der Waals surface area contributed by atoms with Gasteiger partial charge in [0.15, 0.2) is 0 Å². The first-order chi connectivity index (χ1) is 8.06. The monoisotopic (exact) mass is 303 g/mol. The number of ether oxygens (including phenoxy) is 1. The molecule has 90 valence electrons. The van der Waals surface area contributed by atoms with E-state index in [0.717, 1.165) is 13.2 Å². The minimum Gasteiger partial charge on any atom is -0.465 e. The molecule has 1 aromatic carbocycles. The van der Waals surface area contributed by atoms with Crippen molar-refractivity contribution in [3.05, 3.63) is 34.4 Å². The van der Waals surface area contributed by atoms with E-state index in [-0.39, 0.29) is 27.6 Å². The minimum atomic E-state index is -2.69. The number of hydrogen-bond acceptors (Lipinski definition) is 3. The molecule has 0 saturated heterocycles. The van der Waals surface area contributed by atoms with Crippen molar-refractivity contribution in [1.82, 2.24) is 0 Å². The highest BCUT2D eigenvalue weighted by Crippen LogP contribution is 2.29. The molecule has 0 N–H and O–H groups in total. The highest BCUT2D eigenvalue weighted by Gasteiger charge is 2.21. The molecule has 0 spiro atoms. The van der Waals surface area contributed by atoms with Gasteiger partial charge in [-0.3, -0.25) is 0 Å². The van der Waals surface area contributed by atoms with Gasteiger partial charge in [0.2, 0.25) is 0 Å². The lowest BCUT2D eigenvalue weighted by Gasteiger charge is -2.11. The van der Waals surface area contributed by atoms with Crippen molar-refractivity contribution in [3.63, 3.8) is 0 Å². The Labute approximate surface area is 105 Å². The van der Waals surface area contributed by atoms with Crippen LogP contribution in [0.2, 0.25) is 0 Å². The van der Waals surface area contributed by atoms with Crippen LogP contribution >= 0.6 is 15.9 Å². The number of nitriles is 1. The van der Waals surface area contributed by atoms with Gasteiger partial charge in [0, 0.05) is 10.9 Å². The fraction of sp³-hybridized carbons (Fsp3) is 0.273. The number of carbonyl (C=O) groups is 1. The Morgan fingerprint density at radius 1 is 1.59 bits per heavy atom. The van der Waals surface area contributed by atoms with Crippen LogP contribution in [0, 0.1) is 11.3 Å². The van der Waals surface area contributed by atoms with Crippen molar-refractivity contribution in [2.45, 2.75) is 11.8 Å². The molecule has 0 radical (unpaired) electrons. The van der Waals surface area contributed by atoms with Crippen molar-refractivity contribution in [2.75, 3.05) is 7.11 Å². The summed E-state index contributed by atoms with van der Waals surface area (Å²) < 4.78 is 29.9. The third kappa shape index (κ3) is 2.61. The first-order valence-electron chi connectivity index (χ1n) is 4.55. The zero-order chi connectivity index (χ0) is 13.0. The second-order valence-corrected chi connectivity index (χ2v) is 3.65. The topological polar surface area (TPSA) is 50.1 Å². The Kier molecular flexibility index (Phi) is 4.58. The summed E-state index contributed by atoms with van der Waals surface area (Å²) in [6.07, 6.45) is -2.69. The number of benzene rings is 1. The normalized spacial score (nSPS) is 10.1. The summed E-state index contributed by atoms with van der Waals surface area (Å²) in [5, 5.41) is 9.03. The van der Waals surface area contributed by atoms with Gasteiger partial charge in [0.05, 0.1) is 18.2 Å². The van der Waals surface area contributed by atoms with Crippen LogP contribution in [0.4, 0.5) is 8.78 Å². The standard InChI is InChI=1S/C11H8BrF2NO2/c1-17-11(16)7-3-2-6(10(13)14)8(4-12)9(7)5-15/h2-3,10H,4H2,1H3. The quantitative estimate of drug-likeness (QED) is 0.636. The highest BCUT2D eigenvalue weighted by atomic mass is 79.9. The van der Waals surface area contributed by atoms with Gasteiger partial charge in [-0.2, -0.15) is 5.26 Å². The Balaban J connectivity index is 3.50. The summed E-state index contributed by atoms with van der Waals surface area (Å²) in [6, 6.07) is 4.07. The molecule has 1 aromatic rings. The van der Waals surface area contributed by atoms with Gasteiger partial charge >= 0.3 is 5.97 Å². The number of esters is 1. The van der Waals surface area contributed by atoms with Gasteiger partial charge < -0.3 is 4.74 Å². The Morgan fingerprint density at radius 2 is 2.24 bits per heavy atom. The SMILES string of the molecule is COC(=O)c1ccc(C(F)F)c(CBr)c1C#N. The Bertz CT molecular complexity index is 483. The van der Waals surface area contributed by atoms with E-state index in [2.05, 4.69) is 20.7 Å². The van der Waals surface area contributed by atoms with Crippen molar-refractivity contribution in [1.29, 1.82) is 5.26 Å². The number of methoxy groups -OCH3 is 1. The van der Waals surface area contributed by atoms with E-state index >= 15 is 0 Å². The van der Waals surface area contributed by atoms with Crippen molar-refractivity contribution in [2.24, 2.45) is 0 Å². The maximum atomic E-state index is 12.7. The average molecular weight is 304 g/mol. The minimum absolute atomic E-state index is 0.00569. The molecule has 1 rings (SSSR count). The molecule has 17 heavy (non-hydrogen) atoms. The first-order valence-corrected chi connectivity index (χ1v) is 5.67. The van der Waals surface area contributed by atoms with Gasteiger partial charge in [-0.05, 0) is 11.6 Å². The smallest absolute Gasteiger partial charge is 0.339 e. The molecule has 0 aliphatic rings. The molecule has 0 saturated carbocycles. The summed E-state index contributed by atoms with van der Waals surface area (Å²) in [5.74, 6) is -0.718. The Morgan fingerprint density at radius 3 is 2.65 bits per heavy atom. The molecular weight excluding hydrogens is 296 g/mol. The van der Waals surface area contributed by atoms with E-state index < -0.39 is 12.4 Å². The molecule has 3 nitrogen and oxygen atoms in total. The van der Waals surface area contributed by atoms with Crippen LogP contribution in [0.15, 0.2) is 12.1 Å². The second kappa shape index (κ2) is 5.73. The largest absolute Gasteiger partial charge is 0.465 e. The molecule has 0 atom stereocenters. The zero-order valence-electron chi connectivity index (χ0n) is 8.84. The summed E-state index contributed by atoms with van der Waals surface area (Å²) in [5.41, 5.74) is -0.225. The first kappa shape index (κ1) is 13.6. The molecule has 0 fully saturated rings. The molecule has 0 amide bonds. The Hall–Kier alpha value is -1.48. The summed E-state index contributed by atoms with van der Waals surface area (Å²) in [7, 11) is 1.16. The van der Waals surface area contributed by atoms with Crippen LogP contribution in [0.5, 0.6) is 0 Å². The number of halogens is 3. The zero-order valence-corrected chi connectivity index (χ0v) is 10.4. The average Bonchev–Trinajstić information content (AvgIpc) is 2.35. The van der Waals surface area contributed by atoms with Gasteiger partial charge in [0.25, 0.3) is 6.43 Å². The maximum Gasteiger partial charge on any atom is 0.339 e. The fourth-order valence-electron chi connectivity index (χ4n) is 1.42. The lowest BCUT2D eigenvalue weighted by atomic mass is 9.98. The van der Waals surface area contributed by atoms with E-state index in [4.69, 9.17) is 5.26 Å². The van der Waals surface area contributed by atoms with Crippen LogP contribution in [-0.4, -0.2) is 13.1 Å². The van der Waals surface area contributed by atoms with Crippen LogP contribution in [0.3, 0.4) is 0 Å². The van der Waals surface area contributed by atoms with Gasteiger partial charge in [-0.15, -0.1) is 0 Å². The highest BCUT2D eigenvalue weighted by molar-refractivity contribution is 9.08. The van der Waals surface area contributed by atoms with Crippen LogP contribution in [0.25, 0.3) is 0 Å². The molecule has 0 unspecified atom stereocenters. The van der Waals surface area contributed by atoms with E-state index in [9.17, 15) is 13.6 Å².